The number of rotatable bonds is 5. The Bertz CT molecular complexity index is 247. The molecule has 1 unspecified atom stereocenters. The predicted octanol–water partition coefficient (Wildman–Crippen LogP) is 1.33. The van der Waals surface area contributed by atoms with Crippen molar-refractivity contribution in [3.05, 3.63) is 0 Å². The Morgan fingerprint density at radius 3 is 2.59 bits per heavy atom. The molecule has 1 aliphatic rings. The number of esters is 1. The van der Waals surface area contributed by atoms with Crippen molar-refractivity contribution in [2.75, 3.05) is 20.3 Å². The summed E-state index contributed by atoms with van der Waals surface area (Å²) in [5, 5.41) is 12.9. The summed E-state index contributed by atoms with van der Waals surface area (Å²) in [5.74, 6) is 0.382. The summed E-state index contributed by atoms with van der Waals surface area (Å²) in [5.41, 5.74) is -0.186. The number of aliphatic hydroxyl groups is 1. The van der Waals surface area contributed by atoms with Gasteiger partial charge >= 0.3 is 5.97 Å². The summed E-state index contributed by atoms with van der Waals surface area (Å²) in [6, 6.07) is 0. The van der Waals surface area contributed by atoms with Gasteiger partial charge < -0.3 is 15.2 Å². The minimum absolute atomic E-state index is 0.146. The van der Waals surface area contributed by atoms with Crippen LogP contribution >= 0.6 is 0 Å². The van der Waals surface area contributed by atoms with Gasteiger partial charge in [-0.1, -0.05) is 13.8 Å². The lowest BCUT2D eigenvalue weighted by Crippen LogP contribution is -2.52. The Labute approximate surface area is 104 Å². The molecule has 0 amide bonds. The number of carbonyl (C=O) groups is 1. The number of hydrogen-bond donors (Lipinski definition) is 2. The Balaban J connectivity index is 2.44. The predicted molar refractivity (Wildman–Crippen MR) is 66.6 cm³/mol. The van der Waals surface area contributed by atoms with E-state index in [1.807, 2.05) is 6.92 Å². The Kier molecular flexibility index (Phi) is 5.40. The third-order valence-electron chi connectivity index (χ3n) is 3.92. The van der Waals surface area contributed by atoms with Crippen LogP contribution in [0.15, 0.2) is 0 Å². The van der Waals surface area contributed by atoms with E-state index >= 15 is 0 Å². The first-order valence-electron chi connectivity index (χ1n) is 6.47. The lowest BCUT2D eigenvalue weighted by molar-refractivity contribution is -0.144. The van der Waals surface area contributed by atoms with Crippen LogP contribution in [0.1, 0.15) is 39.5 Å². The SMILES string of the molecule is COC(=O)C(C)CNC1(CO)CCC(C)CC1. The number of methoxy groups -OCH3 is 1. The molecule has 100 valence electrons. The fraction of sp³-hybridized carbons (Fsp3) is 0.923. The highest BCUT2D eigenvalue weighted by Gasteiger charge is 2.33. The summed E-state index contributed by atoms with van der Waals surface area (Å²) in [7, 11) is 1.41. The van der Waals surface area contributed by atoms with Gasteiger partial charge in [-0.05, 0) is 31.6 Å². The highest BCUT2D eigenvalue weighted by molar-refractivity contribution is 5.72. The van der Waals surface area contributed by atoms with Crippen LogP contribution in [0.3, 0.4) is 0 Å². The van der Waals surface area contributed by atoms with Crippen molar-refractivity contribution in [2.24, 2.45) is 11.8 Å². The van der Waals surface area contributed by atoms with E-state index in [-0.39, 0.29) is 24.0 Å². The number of aliphatic hydroxyl groups excluding tert-OH is 1. The molecule has 0 aliphatic heterocycles. The van der Waals surface area contributed by atoms with Crippen LogP contribution in [-0.4, -0.2) is 36.9 Å². The van der Waals surface area contributed by atoms with Crippen LogP contribution in [0.5, 0.6) is 0 Å². The van der Waals surface area contributed by atoms with Crippen molar-refractivity contribution in [1.29, 1.82) is 0 Å². The second-order valence-electron chi connectivity index (χ2n) is 5.43. The van der Waals surface area contributed by atoms with Gasteiger partial charge in [0, 0.05) is 12.1 Å². The molecule has 1 saturated carbocycles. The summed E-state index contributed by atoms with van der Waals surface area (Å²) in [4.78, 5) is 11.3. The van der Waals surface area contributed by atoms with Crippen molar-refractivity contribution in [3.63, 3.8) is 0 Å². The molecule has 4 heteroatoms. The fourth-order valence-electron chi connectivity index (χ4n) is 2.36. The van der Waals surface area contributed by atoms with Gasteiger partial charge in [0.05, 0.1) is 19.6 Å². The topological polar surface area (TPSA) is 58.6 Å². The molecule has 0 aromatic carbocycles. The molecule has 1 atom stereocenters. The summed E-state index contributed by atoms with van der Waals surface area (Å²) in [6.45, 7) is 4.81. The molecule has 2 N–H and O–H groups in total. The number of carbonyl (C=O) groups excluding carboxylic acids is 1. The van der Waals surface area contributed by atoms with E-state index in [9.17, 15) is 9.90 Å². The first-order valence-corrected chi connectivity index (χ1v) is 6.47. The third-order valence-corrected chi connectivity index (χ3v) is 3.92. The van der Waals surface area contributed by atoms with Gasteiger partial charge in [-0.3, -0.25) is 4.79 Å². The lowest BCUT2D eigenvalue weighted by Gasteiger charge is -2.39. The summed E-state index contributed by atoms with van der Waals surface area (Å²) in [6.07, 6.45) is 4.25. The maximum Gasteiger partial charge on any atom is 0.309 e. The van der Waals surface area contributed by atoms with Gasteiger partial charge in [0.25, 0.3) is 0 Å². The van der Waals surface area contributed by atoms with Crippen LogP contribution in [-0.2, 0) is 9.53 Å². The van der Waals surface area contributed by atoms with Crippen LogP contribution in [0.4, 0.5) is 0 Å². The zero-order valence-corrected chi connectivity index (χ0v) is 11.2. The molecule has 1 rings (SSSR count). The molecule has 0 spiro atoms. The van der Waals surface area contributed by atoms with Crippen LogP contribution in [0, 0.1) is 11.8 Å². The maximum atomic E-state index is 11.3. The minimum atomic E-state index is -0.199. The molecule has 1 aliphatic carbocycles. The normalized spacial score (nSPS) is 30.9. The first-order chi connectivity index (χ1) is 8.03. The quantitative estimate of drug-likeness (QED) is 0.715. The van der Waals surface area contributed by atoms with E-state index in [1.165, 1.54) is 7.11 Å². The lowest BCUT2D eigenvalue weighted by atomic mass is 9.77. The molecule has 0 saturated heterocycles. The zero-order chi connectivity index (χ0) is 12.9. The largest absolute Gasteiger partial charge is 0.469 e. The van der Waals surface area contributed by atoms with Gasteiger partial charge in [-0.2, -0.15) is 0 Å². The van der Waals surface area contributed by atoms with Gasteiger partial charge in [-0.25, -0.2) is 0 Å². The Hall–Kier alpha value is -0.610. The smallest absolute Gasteiger partial charge is 0.309 e. The van der Waals surface area contributed by atoms with E-state index in [1.54, 1.807) is 0 Å². The van der Waals surface area contributed by atoms with Crippen molar-refractivity contribution < 1.29 is 14.6 Å². The summed E-state index contributed by atoms with van der Waals surface area (Å²) < 4.78 is 4.69. The first kappa shape index (κ1) is 14.5. The van der Waals surface area contributed by atoms with Crippen LogP contribution < -0.4 is 5.32 Å². The average molecular weight is 243 g/mol. The fourth-order valence-corrected chi connectivity index (χ4v) is 2.36. The Morgan fingerprint density at radius 1 is 1.53 bits per heavy atom. The highest BCUT2D eigenvalue weighted by Crippen LogP contribution is 2.31. The van der Waals surface area contributed by atoms with Crippen molar-refractivity contribution in [2.45, 2.75) is 45.1 Å². The second-order valence-corrected chi connectivity index (χ2v) is 5.43. The van der Waals surface area contributed by atoms with Crippen LogP contribution in [0.25, 0.3) is 0 Å². The average Bonchev–Trinajstić information content (AvgIpc) is 2.37. The Morgan fingerprint density at radius 2 is 2.12 bits per heavy atom. The van der Waals surface area contributed by atoms with Gasteiger partial charge in [-0.15, -0.1) is 0 Å². The molecule has 0 bridgehead atoms. The van der Waals surface area contributed by atoms with Gasteiger partial charge in [0.1, 0.15) is 0 Å². The number of ether oxygens (including phenoxy) is 1. The standard InChI is InChI=1S/C13H25NO3/c1-10-4-6-13(9-15,7-5-10)14-8-11(2)12(16)17-3/h10-11,14-15H,4-9H2,1-3H3. The van der Waals surface area contributed by atoms with E-state index in [4.69, 9.17) is 4.74 Å². The van der Waals surface area contributed by atoms with Crippen LogP contribution in [0.2, 0.25) is 0 Å². The number of nitrogens with one attached hydrogen (secondary N) is 1. The summed E-state index contributed by atoms with van der Waals surface area (Å²) >= 11 is 0. The second kappa shape index (κ2) is 6.36. The molecular weight excluding hydrogens is 218 g/mol. The molecule has 0 aromatic rings. The van der Waals surface area contributed by atoms with Crippen molar-refractivity contribution in [3.8, 4) is 0 Å². The van der Waals surface area contributed by atoms with Crippen molar-refractivity contribution >= 4 is 5.97 Å². The maximum absolute atomic E-state index is 11.3. The number of hydrogen-bond acceptors (Lipinski definition) is 4. The monoisotopic (exact) mass is 243 g/mol. The molecule has 0 radical (unpaired) electrons. The molecule has 4 nitrogen and oxygen atoms in total. The van der Waals surface area contributed by atoms with Gasteiger partial charge in [0.15, 0.2) is 0 Å². The minimum Gasteiger partial charge on any atom is -0.469 e. The van der Waals surface area contributed by atoms with Crippen molar-refractivity contribution in [1.82, 2.24) is 5.32 Å². The molecule has 1 fully saturated rings. The van der Waals surface area contributed by atoms with E-state index in [0.717, 1.165) is 31.6 Å². The molecule has 0 aromatic heterocycles. The third kappa shape index (κ3) is 3.96. The van der Waals surface area contributed by atoms with E-state index < -0.39 is 0 Å². The van der Waals surface area contributed by atoms with E-state index in [0.29, 0.717) is 6.54 Å². The van der Waals surface area contributed by atoms with E-state index in [2.05, 4.69) is 12.2 Å². The molecule has 0 heterocycles. The molecular formula is C13H25NO3. The molecule has 17 heavy (non-hydrogen) atoms. The highest BCUT2D eigenvalue weighted by atomic mass is 16.5. The zero-order valence-electron chi connectivity index (χ0n) is 11.2. The van der Waals surface area contributed by atoms with Gasteiger partial charge in [0.2, 0.25) is 0 Å².